The first-order chi connectivity index (χ1) is 16.2. The SMILES string of the molecule is COc1cc2c(c(Cl)c1O)Oc1c(cc(OC)c(O)c1Cl)C21OC(=O)c2cccc(C(=O)O)c21. The first-order valence-electron chi connectivity index (χ1n) is 9.65. The fourth-order valence-electron chi connectivity index (χ4n) is 4.38. The van der Waals surface area contributed by atoms with Crippen LogP contribution in [0.2, 0.25) is 10.0 Å². The van der Waals surface area contributed by atoms with Crippen molar-refractivity contribution in [3.8, 4) is 34.5 Å². The Hall–Kier alpha value is -3.82. The van der Waals surface area contributed by atoms with Crippen LogP contribution in [-0.4, -0.2) is 41.5 Å². The van der Waals surface area contributed by atoms with Gasteiger partial charge in [0, 0.05) is 5.56 Å². The summed E-state index contributed by atoms with van der Waals surface area (Å²) in [6.07, 6.45) is 0. The molecule has 5 rings (SSSR count). The molecule has 11 heteroatoms. The molecule has 0 amide bonds. The number of phenols is 2. The number of rotatable bonds is 3. The van der Waals surface area contributed by atoms with Crippen molar-refractivity contribution in [2.24, 2.45) is 0 Å². The third-order valence-corrected chi connectivity index (χ3v) is 6.54. The molecule has 174 valence electrons. The predicted octanol–water partition coefficient (Wildman–Crippen LogP) is 4.69. The van der Waals surface area contributed by atoms with Gasteiger partial charge in [0.05, 0.1) is 36.5 Å². The molecule has 3 N–H and O–H groups in total. The van der Waals surface area contributed by atoms with E-state index in [1.807, 2.05) is 0 Å². The molecule has 2 aliphatic rings. The topological polar surface area (TPSA) is 132 Å². The highest BCUT2D eigenvalue weighted by Crippen LogP contribution is 2.63. The van der Waals surface area contributed by atoms with Crippen molar-refractivity contribution in [3.63, 3.8) is 0 Å². The molecule has 0 aliphatic carbocycles. The maximum Gasteiger partial charge on any atom is 0.340 e. The van der Waals surface area contributed by atoms with E-state index in [4.69, 9.17) is 42.1 Å². The van der Waals surface area contributed by atoms with Crippen molar-refractivity contribution in [1.82, 2.24) is 0 Å². The number of benzene rings is 3. The lowest BCUT2D eigenvalue weighted by molar-refractivity contribution is 0.0217. The number of esters is 1. The minimum Gasteiger partial charge on any atom is -0.503 e. The number of phenolic OH excluding ortho intramolecular Hbond substituents is 2. The zero-order chi connectivity index (χ0) is 24.5. The maximum atomic E-state index is 13.1. The summed E-state index contributed by atoms with van der Waals surface area (Å²) in [5, 5.41) is 30.3. The smallest absolute Gasteiger partial charge is 0.340 e. The molecule has 0 saturated heterocycles. The zero-order valence-electron chi connectivity index (χ0n) is 17.4. The van der Waals surface area contributed by atoms with Crippen molar-refractivity contribution < 1.29 is 43.9 Å². The van der Waals surface area contributed by atoms with Gasteiger partial charge in [0.1, 0.15) is 10.0 Å². The van der Waals surface area contributed by atoms with Gasteiger partial charge in [0.25, 0.3) is 0 Å². The fraction of sp³-hybridized carbons (Fsp3) is 0.130. The predicted molar refractivity (Wildman–Crippen MR) is 118 cm³/mol. The second-order valence-electron chi connectivity index (χ2n) is 7.44. The number of hydrogen-bond acceptors (Lipinski definition) is 8. The van der Waals surface area contributed by atoms with E-state index >= 15 is 0 Å². The number of carboxylic acids is 1. The summed E-state index contributed by atoms with van der Waals surface area (Å²) in [4.78, 5) is 25.3. The number of fused-ring (bicyclic) bond motifs is 6. The summed E-state index contributed by atoms with van der Waals surface area (Å²) in [5.74, 6) is -3.56. The van der Waals surface area contributed by atoms with E-state index in [0.717, 1.165) is 0 Å². The molecule has 0 unspecified atom stereocenters. The molecule has 2 aliphatic heterocycles. The molecule has 2 heterocycles. The second kappa shape index (κ2) is 7.34. The molecule has 34 heavy (non-hydrogen) atoms. The monoisotopic (exact) mass is 504 g/mol. The zero-order valence-corrected chi connectivity index (χ0v) is 18.9. The lowest BCUT2D eigenvalue weighted by Gasteiger charge is -2.38. The molecule has 9 nitrogen and oxygen atoms in total. The number of hydrogen-bond donors (Lipinski definition) is 3. The number of methoxy groups -OCH3 is 2. The van der Waals surface area contributed by atoms with Gasteiger partial charge in [-0.15, -0.1) is 0 Å². The summed E-state index contributed by atoms with van der Waals surface area (Å²) in [7, 11) is 2.58. The normalized spacial score (nSPS) is 14.5. The van der Waals surface area contributed by atoms with Crippen LogP contribution in [0.1, 0.15) is 37.4 Å². The Kier molecular flexibility index (Phi) is 4.75. The van der Waals surface area contributed by atoms with Crippen LogP contribution in [0.5, 0.6) is 34.5 Å². The van der Waals surface area contributed by atoms with Gasteiger partial charge < -0.3 is 34.3 Å². The molecule has 0 saturated carbocycles. The number of carbonyl (C=O) groups is 2. The quantitative estimate of drug-likeness (QED) is 0.434. The van der Waals surface area contributed by atoms with Gasteiger partial charge >= 0.3 is 11.9 Å². The van der Waals surface area contributed by atoms with Crippen LogP contribution >= 0.6 is 23.2 Å². The molecule has 0 fully saturated rings. The van der Waals surface area contributed by atoms with E-state index < -0.39 is 29.0 Å². The Morgan fingerprint density at radius 1 is 0.971 bits per heavy atom. The summed E-state index contributed by atoms with van der Waals surface area (Å²) in [6, 6.07) is 6.81. The number of carbonyl (C=O) groups excluding carboxylic acids is 1. The average Bonchev–Trinajstić information content (AvgIpc) is 3.12. The lowest BCUT2D eigenvalue weighted by atomic mass is 9.75. The number of halogens is 2. The van der Waals surface area contributed by atoms with Gasteiger partial charge in [-0.3, -0.25) is 0 Å². The van der Waals surface area contributed by atoms with Gasteiger partial charge in [-0.1, -0.05) is 29.3 Å². The minimum absolute atomic E-state index is 0.00841. The highest BCUT2D eigenvalue weighted by atomic mass is 35.5. The van der Waals surface area contributed by atoms with Crippen LogP contribution in [0.3, 0.4) is 0 Å². The van der Waals surface area contributed by atoms with Crippen molar-refractivity contribution in [2.45, 2.75) is 5.60 Å². The van der Waals surface area contributed by atoms with Crippen molar-refractivity contribution in [2.75, 3.05) is 14.2 Å². The van der Waals surface area contributed by atoms with E-state index in [-0.39, 0.29) is 60.9 Å². The Balaban J connectivity index is 2.03. The lowest BCUT2D eigenvalue weighted by Crippen LogP contribution is -2.34. The first-order valence-corrected chi connectivity index (χ1v) is 10.4. The van der Waals surface area contributed by atoms with E-state index in [0.29, 0.717) is 0 Å². The van der Waals surface area contributed by atoms with Gasteiger partial charge in [-0.05, 0) is 24.3 Å². The largest absolute Gasteiger partial charge is 0.503 e. The fourth-order valence-corrected chi connectivity index (χ4v) is 4.85. The Morgan fingerprint density at radius 3 is 1.97 bits per heavy atom. The number of aromatic hydroxyl groups is 2. The highest BCUT2D eigenvalue weighted by Gasteiger charge is 2.57. The Bertz CT molecular complexity index is 1370. The maximum absolute atomic E-state index is 13.1. The van der Waals surface area contributed by atoms with Crippen molar-refractivity contribution in [3.05, 3.63) is 68.2 Å². The summed E-state index contributed by atoms with van der Waals surface area (Å²) in [5.41, 5.74) is -2.04. The molecular weight excluding hydrogens is 491 g/mol. The van der Waals surface area contributed by atoms with Gasteiger partial charge in [-0.25, -0.2) is 9.59 Å². The second-order valence-corrected chi connectivity index (χ2v) is 8.20. The Labute approximate surface area is 201 Å². The third-order valence-electron chi connectivity index (χ3n) is 5.84. The summed E-state index contributed by atoms with van der Waals surface area (Å²) < 4.78 is 22.3. The van der Waals surface area contributed by atoms with E-state index in [1.165, 1.54) is 44.6 Å². The van der Waals surface area contributed by atoms with Crippen LogP contribution < -0.4 is 14.2 Å². The van der Waals surface area contributed by atoms with E-state index in [9.17, 15) is 24.9 Å². The van der Waals surface area contributed by atoms with E-state index in [1.54, 1.807) is 0 Å². The van der Waals surface area contributed by atoms with Gasteiger partial charge in [0.2, 0.25) is 0 Å². The molecule has 1 spiro atoms. The third kappa shape index (κ3) is 2.62. The van der Waals surface area contributed by atoms with Gasteiger partial charge in [-0.2, -0.15) is 0 Å². The standard InChI is InChI=1S/C23H14Cl2O9/c1-31-12-6-10-19(15(24)17(12)26)33-20-11(7-13(32-2)18(27)16(20)25)23(10)14-8(21(28)29)4-3-5-9(14)22(30)34-23/h3-7,26-27H,1-2H3,(H,28,29). The van der Waals surface area contributed by atoms with Crippen molar-refractivity contribution >= 4 is 35.1 Å². The minimum atomic E-state index is -1.94. The molecule has 0 bridgehead atoms. The number of aromatic carboxylic acids is 1. The van der Waals surface area contributed by atoms with E-state index in [2.05, 4.69) is 0 Å². The first kappa shape index (κ1) is 22.0. The van der Waals surface area contributed by atoms with Crippen LogP contribution in [0.4, 0.5) is 0 Å². The van der Waals surface area contributed by atoms with Crippen LogP contribution in [-0.2, 0) is 10.3 Å². The molecular formula is C23H14Cl2O9. The van der Waals surface area contributed by atoms with Crippen molar-refractivity contribution in [1.29, 1.82) is 0 Å². The molecule has 0 aromatic heterocycles. The average molecular weight is 505 g/mol. The highest BCUT2D eigenvalue weighted by molar-refractivity contribution is 6.35. The molecule has 0 atom stereocenters. The van der Waals surface area contributed by atoms with Crippen LogP contribution in [0, 0.1) is 0 Å². The Morgan fingerprint density at radius 2 is 1.50 bits per heavy atom. The van der Waals surface area contributed by atoms with Gasteiger partial charge in [0.15, 0.2) is 40.1 Å². The molecule has 3 aromatic carbocycles. The number of ether oxygens (including phenoxy) is 4. The number of carboxylic acid groups (broad SMARTS) is 1. The summed E-state index contributed by atoms with van der Waals surface area (Å²) >= 11 is 12.8. The van der Waals surface area contributed by atoms with Crippen LogP contribution in [0.25, 0.3) is 0 Å². The summed E-state index contributed by atoms with van der Waals surface area (Å²) in [6.45, 7) is 0. The molecule has 0 radical (unpaired) electrons. The molecule has 3 aromatic rings. The van der Waals surface area contributed by atoms with Crippen LogP contribution in [0.15, 0.2) is 30.3 Å².